The highest BCUT2D eigenvalue weighted by Gasteiger charge is 2.18. The number of carbonyl (C=O) groups is 1. The Morgan fingerprint density at radius 1 is 1.00 bits per heavy atom. The van der Waals surface area contributed by atoms with Gasteiger partial charge in [-0.2, -0.15) is 0 Å². The fourth-order valence-corrected chi connectivity index (χ4v) is 5.05. The number of benzene rings is 3. The molecule has 6 nitrogen and oxygen atoms in total. The minimum absolute atomic E-state index is 0.169. The van der Waals surface area contributed by atoms with Crippen molar-refractivity contribution in [2.24, 2.45) is 0 Å². The van der Waals surface area contributed by atoms with Gasteiger partial charge in [0.15, 0.2) is 11.0 Å². The van der Waals surface area contributed by atoms with Gasteiger partial charge in [-0.25, -0.2) is 0 Å². The molecule has 0 aliphatic heterocycles. The van der Waals surface area contributed by atoms with E-state index in [1.165, 1.54) is 17.3 Å². The largest absolute Gasteiger partial charge is 0.358 e. The van der Waals surface area contributed by atoms with Crippen LogP contribution >= 0.6 is 35.0 Å². The molecule has 5 rings (SSSR count). The Morgan fingerprint density at radius 3 is 2.58 bits per heavy atom. The lowest BCUT2D eigenvalue weighted by Gasteiger charge is -2.11. The average Bonchev–Trinajstić information content (AvgIpc) is 3.40. The molecule has 0 saturated heterocycles. The highest BCUT2D eigenvalue weighted by atomic mass is 35.5. The van der Waals surface area contributed by atoms with Crippen molar-refractivity contribution in [2.45, 2.75) is 25.5 Å². The molecule has 2 heterocycles. The van der Waals surface area contributed by atoms with Gasteiger partial charge in [0.25, 0.3) is 0 Å². The lowest BCUT2D eigenvalue weighted by Crippen LogP contribution is -2.15. The second-order valence-corrected chi connectivity index (χ2v) is 10.2. The van der Waals surface area contributed by atoms with Crippen molar-refractivity contribution < 1.29 is 4.79 Å². The molecule has 0 bridgehead atoms. The van der Waals surface area contributed by atoms with Crippen LogP contribution in [0.5, 0.6) is 0 Å². The Labute approximate surface area is 223 Å². The summed E-state index contributed by atoms with van der Waals surface area (Å²) in [6, 6.07) is 21.4. The second-order valence-electron chi connectivity index (χ2n) is 8.48. The maximum atomic E-state index is 12.6. The molecule has 1 amide bonds. The molecule has 9 heteroatoms. The van der Waals surface area contributed by atoms with E-state index in [1.54, 1.807) is 18.2 Å². The van der Waals surface area contributed by atoms with Gasteiger partial charge in [-0.05, 0) is 61.4 Å². The topological polar surface area (TPSA) is 75.6 Å². The molecule has 0 radical (unpaired) electrons. The molecule has 36 heavy (non-hydrogen) atoms. The minimum atomic E-state index is -0.172. The highest BCUT2D eigenvalue weighted by molar-refractivity contribution is 7.99. The van der Waals surface area contributed by atoms with Crippen molar-refractivity contribution in [3.63, 3.8) is 0 Å². The summed E-state index contributed by atoms with van der Waals surface area (Å²) in [4.78, 5) is 16.1. The van der Waals surface area contributed by atoms with Gasteiger partial charge in [0.1, 0.15) is 0 Å². The number of thioether (sulfide) groups is 1. The van der Waals surface area contributed by atoms with Crippen LogP contribution in [0.25, 0.3) is 22.3 Å². The van der Waals surface area contributed by atoms with Crippen LogP contribution in [0.15, 0.2) is 71.9 Å². The van der Waals surface area contributed by atoms with Gasteiger partial charge >= 0.3 is 0 Å². The maximum absolute atomic E-state index is 12.6. The number of aryl methyl sites for hydroxylation is 2. The first kappa shape index (κ1) is 24.4. The standard InChI is InChI=1S/C27H23Cl2N5OS/c1-16-17(2)30-24-11-8-19(12-21(16)24)26-32-33-27(34(26)14-18-6-4-3-5-7-18)36-15-25(35)31-20-9-10-22(28)23(29)13-20/h3-13,30H,14-15H2,1-2H3,(H,31,35). The molecule has 0 aliphatic rings. The third-order valence-electron chi connectivity index (χ3n) is 6.00. The normalized spacial score (nSPS) is 11.2. The molecular weight excluding hydrogens is 513 g/mol. The predicted octanol–water partition coefficient (Wildman–Crippen LogP) is 7.13. The van der Waals surface area contributed by atoms with Crippen molar-refractivity contribution in [1.82, 2.24) is 19.7 Å². The van der Waals surface area contributed by atoms with Crippen LogP contribution < -0.4 is 5.32 Å². The molecule has 0 unspecified atom stereocenters. The monoisotopic (exact) mass is 535 g/mol. The molecule has 0 fully saturated rings. The zero-order valence-corrected chi connectivity index (χ0v) is 22.0. The number of amides is 1. The van der Waals surface area contributed by atoms with Crippen molar-refractivity contribution in [1.29, 1.82) is 0 Å². The molecule has 0 saturated carbocycles. The number of aromatic amines is 1. The minimum Gasteiger partial charge on any atom is -0.358 e. The van der Waals surface area contributed by atoms with Crippen molar-refractivity contribution in [3.8, 4) is 11.4 Å². The number of fused-ring (bicyclic) bond motifs is 1. The van der Waals surface area contributed by atoms with Crippen LogP contribution in [0.4, 0.5) is 5.69 Å². The number of nitrogens with one attached hydrogen (secondary N) is 2. The molecular formula is C27H23Cl2N5OS. The zero-order valence-electron chi connectivity index (χ0n) is 19.7. The van der Waals surface area contributed by atoms with Gasteiger partial charge in [0.2, 0.25) is 5.91 Å². The lowest BCUT2D eigenvalue weighted by molar-refractivity contribution is -0.113. The number of anilines is 1. The quantitative estimate of drug-likeness (QED) is 0.217. The summed E-state index contributed by atoms with van der Waals surface area (Å²) in [5.74, 6) is 0.753. The van der Waals surface area contributed by atoms with Crippen LogP contribution in [-0.2, 0) is 11.3 Å². The smallest absolute Gasteiger partial charge is 0.234 e. The summed E-state index contributed by atoms with van der Waals surface area (Å²) in [7, 11) is 0. The average molecular weight is 536 g/mol. The van der Waals surface area contributed by atoms with Crippen molar-refractivity contribution in [3.05, 3.63) is 93.6 Å². The Bertz CT molecular complexity index is 1560. The van der Waals surface area contributed by atoms with Gasteiger partial charge in [-0.3, -0.25) is 9.36 Å². The summed E-state index contributed by atoms with van der Waals surface area (Å²) < 4.78 is 2.06. The van der Waals surface area contributed by atoms with Gasteiger partial charge < -0.3 is 10.3 Å². The molecule has 5 aromatic rings. The first-order valence-corrected chi connectivity index (χ1v) is 13.1. The van der Waals surface area contributed by atoms with E-state index in [9.17, 15) is 4.79 Å². The summed E-state index contributed by atoms with van der Waals surface area (Å²) in [6.45, 7) is 4.77. The fraction of sp³-hybridized carbons (Fsp3) is 0.148. The number of nitrogens with zero attached hydrogens (tertiary/aromatic N) is 3. The molecule has 2 N–H and O–H groups in total. The maximum Gasteiger partial charge on any atom is 0.234 e. The molecule has 0 aliphatic carbocycles. The molecule has 3 aromatic carbocycles. The van der Waals surface area contributed by atoms with Crippen LogP contribution in [0, 0.1) is 13.8 Å². The highest BCUT2D eigenvalue weighted by Crippen LogP contribution is 2.30. The SMILES string of the molecule is Cc1[nH]c2ccc(-c3nnc(SCC(=O)Nc4ccc(Cl)c(Cl)c4)n3Cc3ccccc3)cc2c1C. The third kappa shape index (κ3) is 5.14. The Hall–Kier alpha value is -3.26. The first-order valence-electron chi connectivity index (χ1n) is 11.3. The van der Waals surface area contributed by atoms with Crippen LogP contribution in [0.1, 0.15) is 16.8 Å². The fourth-order valence-electron chi connectivity index (χ4n) is 4.02. The van der Waals surface area contributed by atoms with Crippen LogP contribution in [0.2, 0.25) is 10.0 Å². The predicted molar refractivity (Wildman–Crippen MR) is 148 cm³/mol. The van der Waals surface area contributed by atoms with Gasteiger partial charge in [-0.1, -0.05) is 65.3 Å². The number of rotatable bonds is 7. The molecule has 0 spiro atoms. The van der Waals surface area contributed by atoms with Crippen LogP contribution in [-0.4, -0.2) is 31.4 Å². The van der Waals surface area contributed by atoms with E-state index < -0.39 is 0 Å². The Kier molecular flexibility index (Phi) is 7.05. The van der Waals surface area contributed by atoms with Crippen molar-refractivity contribution in [2.75, 3.05) is 11.1 Å². The molecule has 0 atom stereocenters. The van der Waals surface area contributed by atoms with E-state index in [2.05, 4.69) is 69.2 Å². The van der Waals surface area contributed by atoms with E-state index in [-0.39, 0.29) is 11.7 Å². The molecule has 2 aromatic heterocycles. The van der Waals surface area contributed by atoms with E-state index in [1.807, 2.05) is 18.2 Å². The van der Waals surface area contributed by atoms with E-state index >= 15 is 0 Å². The number of H-pyrrole nitrogens is 1. The second kappa shape index (κ2) is 10.4. The summed E-state index contributed by atoms with van der Waals surface area (Å²) >= 11 is 13.4. The number of carbonyl (C=O) groups excluding carboxylic acids is 1. The van der Waals surface area contributed by atoms with Crippen LogP contribution in [0.3, 0.4) is 0 Å². The zero-order chi connectivity index (χ0) is 25.2. The first-order chi connectivity index (χ1) is 17.4. The summed E-state index contributed by atoms with van der Waals surface area (Å²) in [5, 5.41) is 14.5. The molecule has 182 valence electrons. The Balaban J connectivity index is 1.42. The van der Waals surface area contributed by atoms with Crippen molar-refractivity contribution >= 4 is 57.5 Å². The van der Waals surface area contributed by atoms with E-state index in [0.717, 1.165) is 33.5 Å². The Morgan fingerprint density at radius 2 is 1.81 bits per heavy atom. The summed E-state index contributed by atoms with van der Waals surface area (Å²) in [6.07, 6.45) is 0. The number of hydrogen-bond acceptors (Lipinski definition) is 4. The van der Waals surface area contributed by atoms with E-state index in [0.29, 0.717) is 27.4 Å². The number of aromatic nitrogens is 4. The number of halogens is 2. The van der Waals surface area contributed by atoms with Gasteiger partial charge in [-0.15, -0.1) is 10.2 Å². The lowest BCUT2D eigenvalue weighted by atomic mass is 10.1. The van der Waals surface area contributed by atoms with Gasteiger partial charge in [0.05, 0.1) is 22.3 Å². The third-order valence-corrected chi connectivity index (χ3v) is 7.71. The van der Waals surface area contributed by atoms with E-state index in [4.69, 9.17) is 23.2 Å². The summed E-state index contributed by atoms with van der Waals surface area (Å²) in [5.41, 5.74) is 6.14. The van der Waals surface area contributed by atoms with Gasteiger partial charge in [0, 0.05) is 27.8 Å². The number of hydrogen-bond donors (Lipinski definition) is 2.